The Bertz CT molecular complexity index is 1000. The number of anilines is 1. The number of rotatable bonds is 4. The molecular weight excluding hydrogens is 416 g/mol. The molecule has 3 rings (SSSR count). The molecule has 0 aromatic heterocycles. The van der Waals surface area contributed by atoms with Crippen LogP contribution in [-0.4, -0.2) is 16.9 Å². The summed E-state index contributed by atoms with van der Waals surface area (Å²) in [6, 6.07) is 15.2. The van der Waals surface area contributed by atoms with Gasteiger partial charge in [0.25, 0.3) is 11.8 Å². The van der Waals surface area contributed by atoms with Crippen LogP contribution in [0.5, 0.6) is 0 Å². The van der Waals surface area contributed by atoms with Crippen molar-refractivity contribution in [2.45, 2.75) is 39.5 Å². The van der Waals surface area contributed by atoms with Crippen molar-refractivity contribution in [2.75, 3.05) is 4.90 Å². The molecule has 1 N–H and O–H groups in total. The van der Waals surface area contributed by atoms with Crippen molar-refractivity contribution in [1.82, 2.24) is 5.32 Å². The van der Waals surface area contributed by atoms with Crippen molar-refractivity contribution in [2.24, 2.45) is 5.92 Å². The van der Waals surface area contributed by atoms with Crippen molar-refractivity contribution in [3.63, 3.8) is 0 Å². The van der Waals surface area contributed by atoms with Gasteiger partial charge in [-0.05, 0) is 65.4 Å². The summed E-state index contributed by atoms with van der Waals surface area (Å²) in [5.74, 6) is -0.903. The van der Waals surface area contributed by atoms with Gasteiger partial charge < -0.3 is 0 Å². The molecule has 0 radical (unpaired) electrons. The van der Waals surface area contributed by atoms with E-state index in [1.165, 1.54) is 10.5 Å². The van der Waals surface area contributed by atoms with Gasteiger partial charge in [-0.3, -0.25) is 19.8 Å². The standard InChI is InChI=1S/C24H25ClN2O2S/c1-15(13-16-5-7-17(8-6-16)24(2,3)4)14-20-21(28)26-23(30)27(22(20)29)19-11-9-18(25)10-12-19/h5-12,14-15H,13H2,1-4H3,(H,26,28,30)/b20-14-. The molecule has 30 heavy (non-hydrogen) atoms. The van der Waals surface area contributed by atoms with E-state index in [4.69, 9.17) is 23.8 Å². The number of hydrogen-bond donors (Lipinski definition) is 1. The van der Waals surface area contributed by atoms with Gasteiger partial charge in [-0.25, -0.2) is 0 Å². The first-order chi connectivity index (χ1) is 14.1. The van der Waals surface area contributed by atoms with Gasteiger partial charge >= 0.3 is 0 Å². The van der Waals surface area contributed by atoms with Gasteiger partial charge in [0.1, 0.15) is 5.57 Å². The fourth-order valence-corrected chi connectivity index (χ4v) is 3.76. The molecule has 0 aliphatic carbocycles. The minimum atomic E-state index is -0.467. The molecule has 4 nitrogen and oxygen atoms in total. The van der Waals surface area contributed by atoms with Gasteiger partial charge in [-0.15, -0.1) is 0 Å². The van der Waals surface area contributed by atoms with Crippen LogP contribution in [0.2, 0.25) is 5.02 Å². The fourth-order valence-electron chi connectivity index (χ4n) is 3.36. The molecule has 1 aliphatic heterocycles. The van der Waals surface area contributed by atoms with E-state index in [1.807, 2.05) is 6.92 Å². The zero-order valence-electron chi connectivity index (χ0n) is 17.5. The maximum absolute atomic E-state index is 13.1. The van der Waals surface area contributed by atoms with E-state index in [1.54, 1.807) is 30.3 Å². The van der Waals surface area contributed by atoms with Crippen molar-refractivity contribution in [1.29, 1.82) is 0 Å². The molecule has 2 aromatic rings. The molecule has 0 spiro atoms. The van der Waals surface area contributed by atoms with E-state index in [0.717, 1.165) is 12.0 Å². The van der Waals surface area contributed by atoms with Crippen LogP contribution in [0, 0.1) is 5.92 Å². The number of nitrogens with one attached hydrogen (secondary N) is 1. The molecule has 1 fully saturated rings. The number of nitrogens with zero attached hydrogens (tertiary/aromatic N) is 1. The molecule has 1 heterocycles. The van der Waals surface area contributed by atoms with Gasteiger partial charge in [0, 0.05) is 5.02 Å². The fraction of sp³-hybridized carbons (Fsp3) is 0.292. The minimum absolute atomic E-state index is 0.00562. The summed E-state index contributed by atoms with van der Waals surface area (Å²) in [5, 5.41) is 3.23. The van der Waals surface area contributed by atoms with Crippen LogP contribution in [0.25, 0.3) is 0 Å². The Balaban J connectivity index is 1.80. The van der Waals surface area contributed by atoms with Crippen LogP contribution >= 0.6 is 23.8 Å². The summed E-state index contributed by atoms with van der Waals surface area (Å²) in [6.07, 6.45) is 2.44. The molecule has 2 amide bonds. The zero-order chi connectivity index (χ0) is 22.1. The number of carbonyl (C=O) groups is 2. The predicted octanol–water partition coefficient (Wildman–Crippen LogP) is 5.19. The lowest BCUT2D eigenvalue weighted by Gasteiger charge is -2.29. The average molecular weight is 441 g/mol. The number of thiocarbonyl (C=S) groups is 1. The van der Waals surface area contributed by atoms with Gasteiger partial charge in [0.2, 0.25) is 0 Å². The molecule has 6 heteroatoms. The van der Waals surface area contributed by atoms with Crippen LogP contribution < -0.4 is 10.2 Å². The number of hydrogen-bond acceptors (Lipinski definition) is 3. The van der Waals surface area contributed by atoms with Crippen LogP contribution in [0.4, 0.5) is 5.69 Å². The summed E-state index contributed by atoms with van der Waals surface area (Å²) in [7, 11) is 0. The van der Waals surface area contributed by atoms with Gasteiger partial charge in [0.15, 0.2) is 5.11 Å². The molecule has 0 bridgehead atoms. The number of amides is 2. The lowest BCUT2D eigenvalue weighted by atomic mass is 9.86. The molecule has 1 atom stereocenters. The first kappa shape index (κ1) is 22.2. The maximum Gasteiger partial charge on any atom is 0.269 e. The van der Waals surface area contributed by atoms with E-state index in [-0.39, 0.29) is 22.0 Å². The van der Waals surface area contributed by atoms with Gasteiger partial charge in [-0.1, -0.05) is 69.6 Å². The largest absolute Gasteiger partial charge is 0.298 e. The molecule has 1 unspecified atom stereocenters. The third-order valence-corrected chi connectivity index (χ3v) is 5.55. The summed E-state index contributed by atoms with van der Waals surface area (Å²) in [5.41, 5.74) is 3.18. The van der Waals surface area contributed by atoms with Crippen molar-refractivity contribution in [3.05, 3.63) is 76.3 Å². The van der Waals surface area contributed by atoms with Gasteiger partial charge in [0.05, 0.1) is 5.69 Å². The smallest absolute Gasteiger partial charge is 0.269 e. The predicted molar refractivity (Wildman–Crippen MR) is 126 cm³/mol. The second-order valence-corrected chi connectivity index (χ2v) is 9.41. The van der Waals surface area contributed by atoms with E-state index < -0.39 is 11.8 Å². The highest BCUT2D eigenvalue weighted by Crippen LogP contribution is 2.25. The summed E-state index contributed by atoms with van der Waals surface area (Å²) < 4.78 is 0. The average Bonchev–Trinajstić information content (AvgIpc) is 2.66. The molecular formula is C24H25ClN2O2S. The lowest BCUT2D eigenvalue weighted by molar-refractivity contribution is -0.122. The number of carbonyl (C=O) groups excluding carboxylic acids is 2. The highest BCUT2D eigenvalue weighted by atomic mass is 35.5. The van der Waals surface area contributed by atoms with Crippen LogP contribution in [0.15, 0.2) is 60.2 Å². The Hall–Kier alpha value is -2.50. The molecule has 0 saturated carbocycles. The second-order valence-electron chi connectivity index (χ2n) is 8.58. The monoisotopic (exact) mass is 440 g/mol. The topological polar surface area (TPSA) is 49.4 Å². The molecule has 156 valence electrons. The highest BCUT2D eigenvalue weighted by molar-refractivity contribution is 7.80. The number of allylic oxidation sites excluding steroid dienone is 1. The lowest BCUT2D eigenvalue weighted by Crippen LogP contribution is -2.54. The van der Waals surface area contributed by atoms with Crippen molar-refractivity contribution < 1.29 is 9.59 Å². The quantitative estimate of drug-likeness (QED) is 0.404. The van der Waals surface area contributed by atoms with Gasteiger partial charge in [-0.2, -0.15) is 0 Å². The Kier molecular flexibility index (Phi) is 6.44. The Labute approximate surface area is 187 Å². The van der Waals surface area contributed by atoms with E-state index in [0.29, 0.717) is 10.7 Å². The van der Waals surface area contributed by atoms with E-state index in [9.17, 15) is 9.59 Å². The third-order valence-electron chi connectivity index (χ3n) is 5.02. The Morgan fingerprint density at radius 3 is 2.23 bits per heavy atom. The van der Waals surface area contributed by atoms with Crippen molar-refractivity contribution in [3.8, 4) is 0 Å². The highest BCUT2D eigenvalue weighted by Gasteiger charge is 2.34. The normalized spacial score (nSPS) is 17.3. The van der Waals surface area contributed by atoms with E-state index >= 15 is 0 Å². The summed E-state index contributed by atoms with van der Waals surface area (Å²) >= 11 is 11.2. The first-order valence-corrected chi connectivity index (χ1v) is 10.6. The second kappa shape index (κ2) is 8.70. The first-order valence-electron chi connectivity index (χ1n) is 9.83. The summed E-state index contributed by atoms with van der Waals surface area (Å²) in [6.45, 7) is 8.53. The van der Waals surface area contributed by atoms with Crippen LogP contribution in [0.1, 0.15) is 38.8 Å². The molecule has 1 aliphatic rings. The third kappa shape index (κ3) is 4.97. The minimum Gasteiger partial charge on any atom is -0.298 e. The number of benzene rings is 2. The SMILES string of the molecule is CC(/C=C1/C(=O)NC(=S)N(c2ccc(Cl)cc2)C1=O)Cc1ccc(C(C)(C)C)cc1. The Morgan fingerprint density at radius 2 is 1.67 bits per heavy atom. The van der Waals surface area contributed by atoms with Crippen molar-refractivity contribution >= 4 is 46.4 Å². The van der Waals surface area contributed by atoms with E-state index in [2.05, 4.69) is 50.4 Å². The number of halogens is 1. The summed E-state index contributed by atoms with van der Waals surface area (Å²) in [4.78, 5) is 26.8. The van der Waals surface area contributed by atoms with Crippen LogP contribution in [0.3, 0.4) is 0 Å². The molecule has 1 saturated heterocycles. The van der Waals surface area contributed by atoms with Crippen LogP contribution in [-0.2, 0) is 21.4 Å². The maximum atomic E-state index is 13.1. The zero-order valence-corrected chi connectivity index (χ0v) is 19.1. The Morgan fingerprint density at radius 1 is 1.07 bits per heavy atom. The molecule has 2 aromatic carbocycles.